The highest BCUT2D eigenvalue weighted by molar-refractivity contribution is 5.11. The Morgan fingerprint density at radius 2 is 2.00 bits per heavy atom. The number of aliphatic hydroxyl groups is 1. The molecule has 2 aliphatic heterocycles. The van der Waals surface area contributed by atoms with E-state index in [1.807, 2.05) is 0 Å². The lowest BCUT2D eigenvalue weighted by atomic mass is 10.0. The molecule has 0 aliphatic carbocycles. The molecule has 4 nitrogen and oxygen atoms in total. The van der Waals surface area contributed by atoms with Crippen molar-refractivity contribution in [2.45, 2.75) is 51.0 Å². The van der Waals surface area contributed by atoms with Crippen LogP contribution < -0.4 is 0 Å². The van der Waals surface area contributed by atoms with Crippen LogP contribution in [0.3, 0.4) is 0 Å². The minimum absolute atomic E-state index is 0.239. The molecule has 106 valence electrons. The number of likely N-dealkylation sites (tertiary alicyclic amines) is 1. The molecule has 3 heterocycles. The molecule has 2 aliphatic rings. The van der Waals surface area contributed by atoms with E-state index < -0.39 is 0 Å². The summed E-state index contributed by atoms with van der Waals surface area (Å²) in [5.41, 5.74) is 1.21. The number of imidazole rings is 1. The van der Waals surface area contributed by atoms with Gasteiger partial charge < -0.3 is 14.6 Å². The SMILES string of the molecule is OCC1CCCn2cc(CCN3CCCCC3)nc21. The van der Waals surface area contributed by atoms with Gasteiger partial charge in [-0.1, -0.05) is 6.42 Å². The molecular weight excluding hydrogens is 238 g/mol. The van der Waals surface area contributed by atoms with Gasteiger partial charge in [0.15, 0.2) is 0 Å². The molecule has 1 aromatic heterocycles. The minimum atomic E-state index is 0.239. The molecule has 0 amide bonds. The summed E-state index contributed by atoms with van der Waals surface area (Å²) in [6.07, 6.45) is 9.62. The molecule has 1 saturated heterocycles. The maximum absolute atomic E-state index is 9.42. The first kappa shape index (κ1) is 13.1. The van der Waals surface area contributed by atoms with Crippen molar-refractivity contribution in [1.29, 1.82) is 0 Å². The third-order valence-corrected chi connectivity index (χ3v) is 4.53. The normalized spacial score (nSPS) is 24.4. The number of hydrogen-bond donors (Lipinski definition) is 1. The van der Waals surface area contributed by atoms with Crippen LogP contribution in [0.1, 0.15) is 49.5 Å². The summed E-state index contributed by atoms with van der Waals surface area (Å²) in [6, 6.07) is 0. The molecular formula is C15H25N3O. The molecule has 0 bridgehead atoms. The first-order valence-corrected chi connectivity index (χ1v) is 7.76. The zero-order valence-corrected chi connectivity index (χ0v) is 11.7. The van der Waals surface area contributed by atoms with Gasteiger partial charge in [-0.25, -0.2) is 4.98 Å². The van der Waals surface area contributed by atoms with E-state index in [0.29, 0.717) is 0 Å². The predicted molar refractivity (Wildman–Crippen MR) is 75.3 cm³/mol. The maximum Gasteiger partial charge on any atom is 0.114 e. The first-order valence-electron chi connectivity index (χ1n) is 7.76. The van der Waals surface area contributed by atoms with Crippen LogP contribution in [-0.4, -0.2) is 45.8 Å². The molecule has 0 saturated carbocycles. The first-order chi connectivity index (χ1) is 9.36. The van der Waals surface area contributed by atoms with E-state index in [2.05, 4.69) is 15.7 Å². The van der Waals surface area contributed by atoms with Crippen LogP contribution in [0.25, 0.3) is 0 Å². The van der Waals surface area contributed by atoms with Crippen LogP contribution >= 0.6 is 0 Å². The Bertz CT molecular complexity index is 410. The molecule has 0 spiro atoms. The van der Waals surface area contributed by atoms with Gasteiger partial charge in [-0.15, -0.1) is 0 Å². The van der Waals surface area contributed by atoms with Gasteiger partial charge in [0.1, 0.15) is 5.82 Å². The molecule has 1 unspecified atom stereocenters. The lowest BCUT2D eigenvalue weighted by Crippen LogP contribution is -2.31. The van der Waals surface area contributed by atoms with E-state index in [0.717, 1.165) is 31.8 Å². The van der Waals surface area contributed by atoms with Gasteiger partial charge in [0, 0.05) is 31.6 Å². The Kier molecular flexibility index (Phi) is 4.18. The summed E-state index contributed by atoms with van der Waals surface area (Å²) in [6.45, 7) is 4.96. The van der Waals surface area contributed by atoms with Crippen LogP contribution in [0.2, 0.25) is 0 Å². The van der Waals surface area contributed by atoms with Gasteiger partial charge in [0.25, 0.3) is 0 Å². The van der Waals surface area contributed by atoms with Crippen molar-refractivity contribution in [2.75, 3.05) is 26.2 Å². The summed E-state index contributed by atoms with van der Waals surface area (Å²) in [5.74, 6) is 1.37. The highest BCUT2D eigenvalue weighted by Crippen LogP contribution is 2.26. The maximum atomic E-state index is 9.42. The standard InChI is InChI=1S/C15H25N3O/c19-12-13-5-4-9-18-11-14(16-15(13)18)6-10-17-7-2-1-3-8-17/h11,13,19H,1-10,12H2. The largest absolute Gasteiger partial charge is 0.396 e. The van der Waals surface area contributed by atoms with Gasteiger partial charge in [-0.3, -0.25) is 0 Å². The zero-order chi connectivity index (χ0) is 13.1. The van der Waals surface area contributed by atoms with Crippen molar-refractivity contribution in [2.24, 2.45) is 0 Å². The Morgan fingerprint density at radius 3 is 2.79 bits per heavy atom. The molecule has 1 aromatic rings. The molecule has 1 atom stereocenters. The van der Waals surface area contributed by atoms with E-state index >= 15 is 0 Å². The fourth-order valence-electron chi connectivity index (χ4n) is 3.38. The van der Waals surface area contributed by atoms with Crippen LogP contribution in [0, 0.1) is 0 Å². The quantitative estimate of drug-likeness (QED) is 0.900. The van der Waals surface area contributed by atoms with Gasteiger partial charge in [-0.2, -0.15) is 0 Å². The predicted octanol–water partition coefficient (Wildman–Crippen LogP) is 1.78. The minimum Gasteiger partial charge on any atom is -0.396 e. The average Bonchev–Trinajstić information content (AvgIpc) is 2.89. The van der Waals surface area contributed by atoms with Crippen molar-refractivity contribution >= 4 is 0 Å². The summed E-state index contributed by atoms with van der Waals surface area (Å²) in [4.78, 5) is 7.32. The Hall–Kier alpha value is -0.870. The molecule has 3 rings (SSSR count). The molecule has 0 aromatic carbocycles. The highest BCUT2D eigenvalue weighted by atomic mass is 16.3. The third kappa shape index (κ3) is 3.00. The fourth-order valence-corrected chi connectivity index (χ4v) is 3.38. The van der Waals surface area contributed by atoms with E-state index in [-0.39, 0.29) is 12.5 Å². The second-order valence-electron chi connectivity index (χ2n) is 5.96. The number of nitrogens with zero attached hydrogens (tertiary/aromatic N) is 3. The number of rotatable bonds is 4. The monoisotopic (exact) mass is 263 g/mol. The van der Waals surface area contributed by atoms with Gasteiger partial charge in [-0.05, 0) is 38.8 Å². The number of aromatic nitrogens is 2. The van der Waals surface area contributed by atoms with Gasteiger partial charge >= 0.3 is 0 Å². The summed E-state index contributed by atoms with van der Waals surface area (Å²) in [7, 11) is 0. The number of fused-ring (bicyclic) bond motifs is 1. The van der Waals surface area contributed by atoms with E-state index in [9.17, 15) is 5.11 Å². The highest BCUT2D eigenvalue weighted by Gasteiger charge is 2.22. The Balaban J connectivity index is 1.60. The van der Waals surface area contributed by atoms with E-state index in [1.165, 1.54) is 44.5 Å². The third-order valence-electron chi connectivity index (χ3n) is 4.53. The smallest absolute Gasteiger partial charge is 0.114 e. The zero-order valence-electron chi connectivity index (χ0n) is 11.7. The average molecular weight is 263 g/mol. The van der Waals surface area contributed by atoms with Gasteiger partial charge in [0.2, 0.25) is 0 Å². The summed E-state index contributed by atoms with van der Waals surface area (Å²) >= 11 is 0. The molecule has 19 heavy (non-hydrogen) atoms. The van der Waals surface area contributed by atoms with Crippen LogP contribution in [0.4, 0.5) is 0 Å². The van der Waals surface area contributed by atoms with Crippen molar-refractivity contribution in [3.05, 3.63) is 17.7 Å². The molecule has 0 radical (unpaired) electrons. The number of aryl methyl sites for hydroxylation is 1. The number of hydrogen-bond acceptors (Lipinski definition) is 3. The molecule has 1 fully saturated rings. The second-order valence-corrected chi connectivity index (χ2v) is 5.96. The van der Waals surface area contributed by atoms with Crippen molar-refractivity contribution < 1.29 is 5.11 Å². The van der Waals surface area contributed by atoms with E-state index in [4.69, 9.17) is 4.98 Å². The number of piperidine rings is 1. The van der Waals surface area contributed by atoms with E-state index in [1.54, 1.807) is 0 Å². The molecule has 4 heteroatoms. The topological polar surface area (TPSA) is 41.3 Å². The summed E-state index contributed by atoms with van der Waals surface area (Å²) in [5, 5.41) is 9.42. The fraction of sp³-hybridized carbons (Fsp3) is 0.800. The number of aliphatic hydroxyl groups excluding tert-OH is 1. The Morgan fingerprint density at radius 1 is 1.16 bits per heavy atom. The van der Waals surface area contributed by atoms with Crippen molar-refractivity contribution in [3.8, 4) is 0 Å². The lowest BCUT2D eigenvalue weighted by Gasteiger charge is -2.25. The van der Waals surface area contributed by atoms with Crippen LogP contribution in [0.5, 0.6) is 0 Å². The van der Waals surface area contributed by atoms with Gasteiger partial charge in [0.05, 0.1) is 12.3 Å². The van der Waals surface area contributed by atoms with Crippen LogP contribution in [-0.2, 0) is 13.0 Å². The Labute approximate surface area is 115 Å². The second kappa shape index (κ2) is 6.06. The van der Waals surface area contributed by atoms with Crippen molar-refractivity contribution in [3.63, 3.8) is 0 Å². The summed E-state index contributed by atoms with van der Waals surface area (Å²) < 4.78 is 2.26. The lowest BCUT2D eigenvalue weighted by molar-refractivity contribution is 0.230. The van der Waals surface area contributed by atoms with Crippen LogP contribution in [0.15, 0.2) is 6.20 Å². The van der Waals surface area contributed by atoms with Crippen molar-refractivity contribution in [1.82, 2.24) is 14.5 Å². The molecule has 1 N–H and O–H groups in total.